The number of allylic oxidation sites excluding steroid dienone is 8. The minimum absolute atomic E-state index is 0.266. The summed E-state index contributed by atoms with van der Waals surface area (Å²) in [5.74, 6) is -1.22. The van der Waals surface area contributed by atoms with Crippen LogP contribution in [-0.4, -0.2) is 52.9 Å². The molecule has 0 fully saturated rings. The van der Waals surface area contributed by atoms with Crippen molar-refractivity contribution in [3.63, 3.8) is 0 Å². The molecular formula is C33H37N2O6S+. The minimum atomic E-state index is -4.01. The maximum absolute atomic E-state index is 11.4. The average molecular weight is 590 g/mol. The molecule has 0 spiro atoms. The van der Waals surface area contributed by atoms with Crippen molar-refractivity contribution >= 4 is 39.5 Å². The van der Waals surface area contributed by atoms with E-state index in [-0.39, 0.29) is 22.1 Å². The Bertz CT molecular complexity index is 1670. The molecule has 3 N–H and O–H groups in total. The van der Waals surface area contributed by atoms with Crippen molar-refractivity contribution in [2.75, 3.05) is 17.6 Å². The summed E-state index contributed by atoms with van der Waals surface area (Å²) in [7, 11) is -4.01. The number of nitrogens with one attached hydrogen (secondary N) is 1. The minimum Gasteiger partial charge on any atom is -0.478 e. The van der Waals surface area contributed by atoms with E-state index in [1.54, 1.807) is 24.3 Å². The van der Waals surface area contributed by atoms with E-state index in [1.165, 1.54) is 0 Å². The van der Waals surface area contributed by atoms with E-state index < -0.39 is 16.1 Å². The molecule has 0 atom stereocenters. The van der Waals surface area contributed by atoms with Gasteiger partial charge >= 0.3 is 5.97 Å². The topological polar surface area (TPSA) is 124 Å². The Morgan fingerprint density at radius 2 is 1.64 bits per heavy atom. The van der Waals surface area contributed by atoms with Crippen LogP contribution >= 0.6 is 0 Å². The highest BCUT2D eigenvalue weighted by Gasteiger charge is 2.44. The van der Waals surface area contributed by atoms with E-state index in [1.807, 2.05) is 54.7 Å². The zero-order valence-electron chi connectivity index (χ0n) is 24.3. The molecule has 8 nitrogen and oxygen atoms in total. The number of rotatable bonds is 11. The zero-order valence-corrected chi connectivity index (χ0v) is 25.1. The zero-order chi connectivity index (χ0) is 30.7. The molecule has 2 aliphatic rings. The number of unbranched alkanes of at least 4 members (excludes halogenated alkanes) is 1. The largest absolute Gasteiger partial charge is 0.478 e. The molecule has 0 aliphatic carbocycles. The van der Waals surface area contributed by atoms with Gasteiger partial charge in [-0.3, -0.25) is 9.35 Å². The van der Waals surface area contributed by atoms with Crippen LogP contribution in [0.1, 0.15) is 72.4 Å². The molecule has 2 aliphatic heterocycles. The summed E-state index contributed by atoms with van der Waals surface area (Å²) in [6, 6.07) is 10.7. The number of carbonyl (C=O) groups is 2. The summed E-state index contributed by atoms with van der Waals surface area (Å²) >= 11 is 0. The van der Waals surface area contributed by atoms with Crippen molar-refractivity contribution in [3.05, 3.63) is 107 Å². The van der Waals surface area contributed by atoms with Crippen LogP contribution in [0.2, 0.25) is 0 Å². The standard InChI is InChI=1S/C33H36N2O6S/c1-32(2)25-21-24(31(37)38)15-16-27(25)34-29(32)12-8-6-5-7-9-13-30-33(3,4)26-20-23(22-36)14-17-28(26)35(30)18-10-11-19-42(39,40)41/h5-9,12-17,20-22H,10-11,18-19H2,1-4H3,(H2,37,38,39,40,41)/p+1. The molecule has 4 rings (SSSR count). The van der Waals surface area contributed by atoms with Gasteiger partial charge in [-0.25, -0.2) is 4.79 Å². The highest BCUT2D eigenvalue weighted by atomic mass is 32.2. The third kappa shape index (κ3) is 6.53. The highest BCUT2D eigenvalue weighted by Crippen LogP contribution is 2.43. The number of aromatic carboxylic acids is 1. The first-order valence-corrected chi connectivity index (χ1v) is 15.4. The van der Waals surface area contributed by atoms with Gasteiger partial charge in [-0.2, -0.15) is 13.0 Å². The molecule has 2 aromatic rings. The smallest absolute Gasteiger partial charge is 0.335 e. The van der Waals surface area contributed by atoms with Crippen LogP contribution in [0.15, 0.2) is 84.6 Å². The van der Waals surface area contributed by atoms with Crippen molar-refractivity contribution in [1.29, 1.82) is 0 Å². The summed E-state index contributed by atoms with van der Waals surface area (Å²) in [5.41, 5.74) is 5.99. The second-order valence-corrected chi connectivity index (χ2v) is 13.1. The van der Waals surface area contributed by atoms with Crippen LogP contribution in [-0.2, 0) is 20.9 Å². The molecule has 0 saturated heterocycles. The summed E-state index contributed by atoms with van der Waals surface area (Å²) < 4.78 is 33.6. The Morgan fingerprint density at radius 1 is 0.929 bits per heavy atom. The number of carboxylic acids is 1. The van der Waals surface area contributed by atoms with Crippen LogP contribution in [0.5, 0.6) is 0 Å². The lowest BCUT2D eigenvalue weighted by Crippen LogP contribution is -2.28. The van der Waals surface area contributed by atoms with Crippen LogP contribution in [0.25, 0.3) is 0 Å². The second-order valence-electron chi connectivity index (χ2n) is 11.6. The van der Waals surface area contributed by atoms with Gasteiger partial charge < -0.3 is 10.4 Å². The Hall–Kier alpha value is -4.08. The Balaban J connectivity index is 1.50. The fraction of sp³-hybridized carbons (Fsp3) is 0.303. The second kappa shape index (κ2) is 12.0. The molecule has 0 bridgehead atoms. The molecule has 0 saturated carbocycles. The Kier molecular flexibility index (Phi) is 8.84. The summed E-state index contributed by atoms with van der Waals surface area (Å²) in [6.07, 6.45) is 15.4. The number of hydrogen-bond acceptors (Lipinski definition) is 5. The fourth-order valence-electron chi connectivity index (χ4n) is 5.55. The van der Waals surface area contributed by atoms with Gasteiger partial charge in [0.1, 0.15) is 12.8 Å². The van der Waals surface area contributed by atoms with E-state index in [4.69, 9.17) is 4.55 Å². The number of nitrogens with zero attached hydrogens (tertiary/aromatic N) is 1. The normalized spacial score (nSPS) is 18.3. The average Bonchev–Trinajstić information content (AvgIpc) is 3.30. The van der Waals surface area contributed by atoms with Crippen LogP contribution < -0.4 is 5.32 Å². The number of fused-ring (bicyclic) bond motifs is 2. The van der Waals surface area contributed by atoms with Crippen molar-refractivity contribution in [2.24, 2.45) is 0 Å². The Labute approximate surface area is 247 Å². The summed E-state index contributed by atoms with van der Waals surface area (Å²) in [4.78, 5) is 22.8. The van der Waals surface area contributed by atoms with Crippen molar-refractivity contribution in [2.45, 2.75) is 51.4 Å². The number of carbonyl (C=O) groups excluding carboxylic acids is 1. The number of carboxylic acid groups (broad SMARTS) is 1. The van der Waals surface area contributed by atoms with E-state index in [9.17, 15) is 23.1 Å². The van der Waals surface area contributed by atoms with Gasteiger partial charge in [0.15, 0.2) is 5.71 Å². The summed E-state index contributed by atoms with van der Waals surface area (Å²) in [6.45, 7) is 8.88. The molecule has 0 aromatic heterocycles. The lowest BCUT2D eigenvalue weighted by Gasteiger charge is -2.20. The SMILES string of the molecule is CC1(C)C(/C=C/C=C/C=C/C=C2\Nc3ccc(C(=O)O)cc3C2(C)C)=[N+](CCCCS(=O)(=O)O)c2ccc(C=O)cc21. The Morgan fingerprint density at radius 3 is 2.33 bits per heavy atom. The third-order valence-corrected chi connectivity index (χ3v) is 8.73. The molecule has 2 heterocycles. The van der Waals surface area contributed by atoms with Crippen LogP contribution in [0.4, 0.5) is 11.4 Å². The molecular weight excluding hydrogens is 552 g/mol. The predicted molar refractivity (Wildman–Crippen MR) is 166 cm³/mol. The number of anilines is 1. The van der Waals surface area contributed by atoms with Gasteiger partial charge in [0, 0.05) is 46.5 Å². The fourth-order valence-corrected chi connectivity index (χ4v) is 6.12. The monoisotopic (exact) mass is 589 g/mol. The van der Waals surface area contributed by atoms with E-state index in [2.05, 4.69) is 37.6 Å². The molecule has 220 valence electrons. The van der Waals surface area contributed by atoms with Gasteiger partial charge in [-0.1, -0.05) is 44.2 Å². The molecule has 0 unspecified atom stereocenters. The van der Waals surface area contributed by atoms with Gasteiger partial charge in [-0.15, -0.1) is 0 Å². The molecule has 0 radical (unpaired) electrons. The van der Waals surface area contributed by atoms with E-state index in [0.717, 1.165) is 40.2 Å². The van der Waals surface area contributed by atoms with Gasteiger partial charge in [0.05, 0.1) is 16.7 Å². The first kappa shape index (κ1) is 30.9. The molecule has 2 aromatic carbocycles. The quantitative estimate of drug-likeness (QED) is 0.0938. The van der Waals surface area contributed by atoms with E-state index >= 15 is 0 Å². The van der Waals surface area contributed by atoms with E-state index in [0.29, 0.717) is 24.9 Å². The van der Waals surface area contributed by atoms with Crippen molar-refractivity contribution in [3.8, 4) is 0 Å². The van der Waals surface area contributed by atoms with Crippen molar-refractivity contribution < 1.29 is 32.2 Å². The predicted octanol–water partition coefficient (Wildman–Crippen LogP) is 6.20. The van der Waals surface area contributed by atoms with Gasteiger partial charge in [0.2, 0.25) is 5.69 Å². The molecule has 9 heteroatoms. The summed E-state index contributed by atoms with van der Waals surface area (Å²) in [5, 5.41) is 12.7. The van der Waals surface area contributed by atoms with Gasteiger partial charge in [-0.05, 0) is 62.2 Å². The lowest BCUT2D eigenvalue weighted by atomic mass is 9.81. The first-order valence-electron chi connectivity index (χ1n) is 13.8. The lowest BCUT2D eigenvalue weighted by molar-refractivity contribution is -0.438. The highest BCUT2D eigenvalue weighted by molar-refractivity contribution is 7.85. The van der Waals surface area contributed by atoms with Crippen LogP contribution in [0, 0.1) is 0 Å². The molecule has 42 heavy (non-hydrogen) atoms. The van der Waals surface area contributed by atoms with Gasteiger partial charge in [0.25, 0.3) is 10.1 Å². The first-order chi connectivity index (χ1) is 19.8. The number of aldehydes is 1. The number of hydrogen-bond donors (Lipinski definition) is 3. The van der Waals surface area contributed by atoms with Crippen LogP contribution in [0.3, 0.4) is 0 Å². The maximum atomic E-state index is 11.4. The van der Waals surface area contributed by atoms with Crippen molar-refractivity contribution in [1.82, 2.24) is 0 Å². The molecule has 0 amide bonds. The maximum Gasteiger partial charge on any atom is 0.335 e. The number of benzene rings is 2. The third-order valence-electron chi connectivity index (χ3n) is 7.93.